The fourth-order valence-corrected chi connectivity index (χ4v) is 5.49. The molecule has 2 aromatic heterocycles. The molecule has 1 aromatic carbocycles. The van der Waals surface area contributed by atoms with E-state index in [1.165, 1.54) is 18.1 Å². The van der Waals surface area contributed by atoms with Gasteiger partial charge in [-0.1, -0.05) is 6.07 Å². The van der Waals surface area contributed by atoms with Crippen molar-refractivity contribution in [1.82, 2.24) is 24.8 Å². The second-order valence-electron chi connectivity index (χ2n) is 10.9. The van der Waals surface area contributed by atoms with Gasteiger partial charge in [-0.2, -0.15) is 0 Å². The van der Waals surface area contributed by atoms with Crippen LogP contribution in [0.4, 0.5) is 17.2 Å². The number of carbonyl (C=O) groups is 3. The van der Waals surface area contributed by atoms with Crippen molar-refractivity contribution in [2.45, 2.75) is 25.8 Å². The molecule has 1 fully saturated rings. The first-order valence-electron chi connectivity index (χ1n) is 14.5. The number of nitro groups is 1. The number of hydrogen-bond acceptors (Lipinski definition) is 11. The van der Waals surface area contributed by atoms with E-state index in [9.17, 15) is 24.5 Å². The first-order chi connectivity index (χ1) is 21.2. The van der Waals surface area contributed by atoms with Gasteiger partial charge in [0.1, 0.15) is 30.1 Å². The van der Waals surface area contributed by atoms with Crippen molar-refractivity contribution in [3.63, 3.8) is 0 Å². The number of rotatable bonds is 12. The molecule has 5 rings (SSSR count). The zero-order valence-electron chi connectivity index (χ0n) is 25.1. The van der Waals surface area contributed by atoms with Gasteiger partial charge in [0.2, 0.25) is 17.5 Å². The quantitative estimate of drug-likeness (QED) is 0.105. The van der Waals surface area contributed by atoms with Crippen LogP contribution in [0.15, 0.2) is 36.5 Å². The van der Waals surface area contributed by atoms with Gasteiger partial charge >= 0.3 is 5.69 Å². The zero-order valence-corrected chi connectivity index (χ0v) is 25.1. The lowest BCUT2D eigenvalue weighted by atomic mass is 9.89. The molecule has 1 saturated heterocycles. The van der Waals surface area contributed by atoms with Gasteiger partial charge in [0.15, 0.2) is 0 Å². The summed E-state index contributed by atoms with van der Waals surface area (Å²) >= 11 is 0. The van der Waals surface area contributed by atoms with Gasteiger partial charge in [0.05, 0.1) is 10.0 Å². The van der Waals surface area contributed by atoms with E-state index >= 15 is 0 Å². The lowest BCUT2D eigenvalue weighted by Crippen LogP contribution is -2.52. The lowest BCUT2D eigenvalue weighted by Gasteiger charge is -2.35. The van der Waals surface area contributed by atoms with Crippen molar-refractivity contribution in [3.05, 3.63) is 69.2 Å². The molecule has 1 amide bonds. The van der Waals surface area contributed by atoms with E-state index in [2.05, 4.69) is 25.2 Å². The fourth-order valence-electron chi connectivity index (χ4n) is 5.49. The normalized spacial score (nSPS) is 14.7. The lowest BCUT2D eigenvalue weighted by molar-refractivity contribution is -0.804. The number of nitrogens with one attached hydrogen (secondary N) is 1. The average molecular weight is 607 g/mol. The first-order valence-corrected chi connectivity index (χ1v) is 14.5. The summed E-state index contributed by atoms with van der Waals surface area (Å²) in [5, 5.41) is 19.1. The molecule has 3 heterocycles. The summed E-state index contributed by atoms with van der Waals surface area (Å²) in [5.74, 6) is -0.157. The summed E-state index contributed by atoms with van der Waals surface area (Å²) in [5.41, 5.74) is -0.289. The van der Waals surface area contributed by atoms with Gasteiger partial charge in [0, 0.05) is 89.6 Å². The van der Waals surface area contributed by atoms with Crippen molar-refractivity contribution in [3.8, 4) is 0 Å². The van der Waals surface area contributed by atoms with Crippen molar-refractivity contribution < 1.29 is 28.8 Å². The molecule has 232 valence electrons. The van der Waals surface area contributed by atoms with Crippen molar-refractivity contribution >= 4 is 34.7 Å². The van der Waals surface area contributed by atoms with Gasteiger partial charge in [-0.25, -0.2) is 4.98 Å². The van der Waals surface area contributed by atoms with Crippen LogP contribution in [0.1, 0.15) is 51.4 Å². The highest BCUT2D eigenvalue weighted by atomic mass is 16.7. The topological polar surface area (TPSA) is 160 Å². The number of pyridine rings is 1. The largest absolute Gasteiger partial charge is 0.379 e. The Morgan fingerprint density at radius 3 is 2.52 bits per heavy atom. The maximum atomic E-state index is 13.8. The van der Waals surface area contributed by atoms with Crippen LogP contribution in [0, 0.1) is 10.1 Å². The molecule has 15 heteroatoms. The maximum Gasteiger partial charge on any atom is 0.304 e. The Hall–Kier alpha value is -4.92. The van der Waals surface area contributed by atoms with Crippen molar-refractivity contribution in [1.29, 1.82) is 0 Å². The van der Waals surface area contributed by atoms with Crippen LogP contribution in [0.3, 0.4) is 0 Å². The number of aromatic nitrogens is 4. The number of fused-ring (bicyclic) bond motifs is 2. The minimum atomic E-state index is -0.606. The summed E-state index contributed by atoms with van der Waals surface area (Å²) < 4.78 is 1.55. The highest BCUT2D eigenvalue weighted by molar-refractivity contribution is 6.26. The molecule has 44 heavy (non-hydrogen) atoms. The number of hydrogen-bond donors (Lipinski definition) is 1. The molecule has 1 N–H and O–H groups in total. The molecule has 3 aromatic rings. The molecule has 15 nitrogen and oxygen atoms in total. The average Bonchev–Trinajstić information content (AvgIpc) is 3.41. The molecule has 0 unspecified atom stereocenters. The third-order valence-electron chi connectivity index (χ3n) is 7.86. The predicted molar refractivity (Wildman–Crippen MR) is 159 cm³/mol. The number of carbonyl (C=O) groups excluding carboxylic acids is 3. The molecule has 0 bridgehead atoms. The second-order valence-corrected chi connectivity index (χ2v) is 10.9. The second kappa shape index (κ2) is 13.2. The molecule has 0 saturated carbocycles. The minimum Gasteiger partial charge on any atom is -0.379 e. The Morgan fingerprint density at radius 2 is 1.86 bits per heavy atom. The van der Waals surface area contributed by atoms with Gasteiger partial charge in [-0.05, 0) is 24.6 Å². The van der Waals surface area contributed by atoms with E-state index in [4.69, 9.17) is 4.84 Å². The van der Waals surface area contributed by atoms with Crippen LogP contribution < -0.4 is 19.7 Å². The molecule has 1 aliphatic carbocycles. The monoisotopic (exact) mass is 606 g/mol. The van der Waals surface area contributed by atoms with E-state index < -0.39 is 16.5 Å². The Labute approximate surface area is 254 Å². The first kappa shape index (κ1) is 30.5. The molecular weight excluding hydrogens is 570 g/mol. The summed E-state index contributed by atoms with van der Waals surface area (Å²) in [6, 6.07) is 8.34. The minimum absolute atomic E-state index is 0.0509. The van der Waals surface area contributed by atoms with Gasteiger partial charge in [-0.15, -0.1) is 4.68 Å². The van der Waals surface area contributed by atoms with Crippen LogP contribution in [0.2, 0.25) is 0 Å². The zero-order chi connectivity index (χ0) is 31.4. The number of ketones is 2. The highest BCUT2D eigenvalue weighted by Gasteiger charge is 2.45. The number of benzene rings is 1. The molecule has 0 radical (unpaired) electrons. The summed E-state index contributed by atoms with van der Waals surface area (Å²) in [6.07, 6.45) is 3.15. The van der Waals surface area contributed by atoms with Crippen LogP contribution in [-0.2, 0) is 11.3 Å². The Morgan fingerprint density at radius 1 is 1.11 bits per heavy atom. The number of nitrogens with zero attached hydrogens (tertiary/aromatic N) is 8. The predicted octanol–water partition coefficient (Wildman–Crippen LogP) is 0.800. The van der Waals surface area contributed by atoms with E-state index in [1.54, 1.807) is 25.0 Å². The van der Waals surface area contributed by atoms with Crippen LogP contribution in [0.5, 0.6) is 0 Å². The molecular formula is C29H36N9O6+. The third kappa shape index (κ3) is 6.22. The summed E-state index contributed by atoms with van der Waals surface area (Å²) in [7, 11) is 4.70. The molecule has 0 atom stereocenters. The standard InChI is InChI=1S/C29H35N9O6/c1-33(2)25(39)9-6-11-30-22-18-20-21(19-23(22)37(42)43)28(40)26-27(29(20)41)36(38(32-26)44-3)13-7-12-34-14-16-35(17-15-34)24-8-4-5-10-31-24/h4-5,8,10,18-19H,6-7,9,11-17H2,1-3H3/p+1. The summed E-state index contributed by atoms with van der Waals surface area (Å²) in [6.45, 7) is 4.84. The van der Waals surface area contributed by atoms with Crippen molar-refractivity contribution in [2.75, 3.05) is 70.7 Å². The number of amides is 1. The van der Waals surface area contributed by atoms with Gasteiger partial charge in [-0.3, -0.25) is 29.4 Å². The van der Waals surface area contributed by atoms with Crippen LogP contribution in [0.25, 0.3) is 0 Å². The summed E-state index contributed by atoms with van der Waals surface area (Å²) in [4.78, 5) is 67.4. The molecule has 1 aliphatic heterocycles. The Bertz CT molecular complexity index is 1560. The highest BCUT2D eigenvalue weighted by Crippen LogP contribution is 2.33. The SMILES string of the molecule is COn1nc2c([n+]1CCCN1CCN(c3ccccn3)CC1)C(=O)c1cc(NCCCC(=O)N(C)C)c([N+](=O)[O-])cc1C2=O. The fraction of sp³-hybridized carbons (Fsp3) is 0.448. The van der Waals surface area contributed by atoms with E-state index in [0.717, 1.165) is 49.6 Å². The van der Waals surface area contributed by atoms with Crippen LogP contribution >= 0.6 is 0 Å². The number of piperazine rings is 1. The molecule has 2 aliphatic rings. The van der Waals surface area contributed by atoms with E-state index in [0.29, 0.717) is 19.4 Å². The van der Waals surface area contributed by atoms with Crippen molar-refractivity contribution in [2.24, 2.45) is 0 Å². The Kier molecular flexibility index (Phi) is 9.13. The van der Waals surface area contributed by atoms with Gasteiger partial charge < -0.3 is 20.0 Å². The van der Waals surface area contributed by atoms with Gasteiger partial charge in [0.25, 0.3) is 11.4 Å². The maximum absolute atomic E-state index is 13.8. The van der Waals surface area contributed by atoms with Crippen LogP contribution in [-0.4, -0.2) is 108 Å². The Balaban J connectivity index is 1.30. The number of anilines is 2. The smallest absolute Gasteiger partial charge is 0.304 e. The number of nitro benzene ring substituents is 1. The third-order valence-corrected chi connectivity index (χ3v) is 7.86. The molecule has 0 spiro atoms. The van der Waals surface area contributed by atoms with E-state index in [1.807, 2.05) is 18.2 Å². The van der Waals surface area contributed by atoms with E-state index in [-0.39, 0.29) is 52.8 Å².